The van der Waals surface area contributed by atoms with E-state index in [0.717, 1.165) is 5.01 Å². The third-order valence-corrected chi connectivity index (χ3v) is 2.76. The zero-order chi connectivity index (χ0) is 10.6. The minimum Gasteiger partial charge on any atom is -0.477 e. The van der Waals surface area contributed by atoms with Crippen LogP contribution in [0.15, 0.2) is 0 Å². The molecule has 1 heterocycles. The van der Waals surface area contributed by atoms with Crippen LogP contribution < -0.4 is 0 Å². The number of ether oxygens (including phenoxy) is 1. The zero-order valence-corrected chi connectivity index (χ0v) is 9.06. The van der Waals surface area contributed by atoms with Crippen LogP contribution in [-0.4, -0.2) is 22.7 Å². The first-order valence-electron chi connectivity index (χ1n) is 4.48. The maximum Gasteiger partial charge on any atom is 0.347 e. The summed E-state index contributed by atoms with van der Waals surface area (Å²) in [5.41, 5.74) is 0.650. The van der Waals surface area contributed by atoms with Crippen LogP contribution in [0.2, 0.25) is 0 Å². The van der Waals surface area contributed by atoms with Gasteiger partial charge in [-0.3, -0.25) is 0 Å². The first kappa shape index (κ1) is 11.1. The van der Waals surface area contributed by atoms with E-state index in [1.54, 1.807) is 0 Å². The molecule has 0 spiro atoms. The van der Waals surface area contributed by atoms with Gasteiger partial charge in [-0.2, -0.15) is 0 Å². The van der Waals surface area contributed by atoms with Gasteiger partial charge in [0.2, 0.25) is 0 Å². The van der Waals surface area contributed by atoms with E-state index in [1.807, 2.05) is 13.8 Å². The Morgan fingerprint density at radius 2 is 2.29 bits per heavy atom. The summed E-state index contributed by atoms with van der Waals surface area (Å²) in [5, 5.41) is 9.60. The average Bonchev–Trinajstić information content (AvgIpc) is 2.57. The molecule has 0 atom stereocenters. The number of thiazole rings is 1. The summed E-state index contributed by atoms with van der Waals surface area (Å²) < 4.78 is 5.17. The fourth-order valence-corrected chi connectivity index (χ4v) is 1.99. The lowest BCUT2D eigenvalue weighted by atomic mass is 10.3. The summed E-state index contributed by atoms with van der Waals surface area (Å²) in [6.45, 7) is 4.81. The van der Waals surface area contributed by atoms with Crippen molar-refractivity contribution in [3.63, 3.8) is 0 Å². The number of hydrogen-bond acceptors (Lipinski definition) is 4. The molecule has 0 bridgehead atoms. The van der Waals surface area contributed by atoms with Gasteiger partial charge < -0.3 is 9.84 Å². The Morgan fingerprint density at radius 3 is 2.71 bits per heavy atom. The van der Waals surface area contributed by atoms with E-state index in [0.29, 0.717) is 30.2 Å². The SMILES string of the molecule is CCOCc1nc(CC)c(C(=O)O)s1. The Bertz CT molecular complexity index is 322. The van der Waals surface area contributed by atoms with Gasteiger partial charge in [0.15, 0.2) is 0 Å². The number of rotatable bonds is 5. The molecule has 0 aromatic carbocycles. The van der Waals surface area contributed by atoms with Crippen LogP contribution in [-0.2, 0) is 17.8 Å². The lowest BCUT2D eigenvalue weighted by molar-refractivity contribution is 0.0701. The Labute approximate surface area is 86.6 Å². The number of aryl methyl sites for hydroxylation is 1. The van der Waals surface area contributed by atoms with Gasteiger partial charge in [0.25, 0.3) is 0 Å². The molecular formula is C9H13NO3S. The van der Waals surface area contributed by atoms with Crippen molar-refractivity contribution < 1.29 is 14.6 Å². The number of aromatic nitrogens is 1. The molecule has 0 radical (unpaired) electrons. The van der Waals surface area contributed by atoms with E-state index < -0.39 is 5.97 Å². The molecule has 0 aliphatic heterocycles. The van der Waals surface area contributed by atoms with Crippen LogP contribution in [0.4, 0.5) is 0 Å². The van der Waals surface area contributed by atoms with Crippen LogP contribution in [0.1, 0.15) is 34.2 Å². The molecule has 14 heavy (non-hydrogen) atoms. The van der Waals surface area contributed by atoms with Gasteiger partial charge in [-0.25, -0.2) is 9.78 Å². The van der Waals surface area contributed by atoms with E-state index in [1.165, 1.54) is 11.3 Å². The highest BCUT2D eigenvalue weighted by Gasteiger charge is 2.15. The first-order chi connectivity index (χ1) is 6.69. The molecule has 78 valence electrons. The lowest BCUT2D eigenvalue weighted by Crippen LogP contribution is -1.97. The first-order valence-corrected chi connectivity index (χ1v) is 5.30. The quantitative estimate of drug-likeness (QED) is 0.815. The van der Waals surface area contributed by atoms with E-state index in [9.17, 15) is 4.79 Å². The molecule has 1 aromatic rings. The van der Waals surface area contributed by atoms with Gasteiger partial charge in [-0.1, -0.05) is 6.92 Å². The maximum atomic E-state index is 10.8. The molecule has 0 saturated carbocycles. The number of hydrogen-bond donors (Lipinski definition) is 1. The van der Waals surface area contributed by atoms with Gasteiger partial charge in [-0.05, 0) is 13.3 Å². The highest BCUT2D eigenvalue weighted by molar-refractivity contribution is 7.13. The highest BCUT2D eigenvalue weighted by Crippen LogP contribution is 2.19. The number of carboxylic acids is 1. The molecule has 0 unspecified atom stereocenters. The lowest BCUT2D eigenvalue weighted by Gasteiger charge is -1.94. The summed E-state index contributed by atoms with van der Waals surface area (Å²) in [6, 6.07) is 0. The number of carboxylic acid groups (broad SMARTS) is 1. The molecule has 5 heteroatoms. The summed E-state index contributed by atoms with van der Waals surface area (Å²) >= 11 is 1.20. The summed E-state index contributed by atoms with van der Waals surface area (Å²) in [4.78, 5) is 15.3. The van der Waals surface area contributed by atoms with E-state index in [2.05, 4.69) is 4.98 Å². The van der Waals surface area contributed by atoms with Crippen LogP contribution in [0, 0.1) is 0 Å². The van der Waals surface area contributed by atoms with Gasteiger partial charge in [0.1, 0.15) is 9.88 Å². The minimum atomic E-state index is -0.901. The highest BCUT2D eigenvalue weighted by atomic mass is 32.1. The van der Waals surface area contributed by atoms with Crippen molar-refractivity contribution in [3.8, 4) is 0 Å². The van der Waals surface area contributed by atoms with Crippen molar-refractivity contribution in [2.45, 2.75) is 26.9 Å². The molecule has 0 saturated heterocycles. The fourth-order valence-electron chi connectivity index (χ4n) is 1.06. The molecule has 1 rings (SSSR count). The fraction of sp³-hybridized carbons (Fsp3) is 0.556. The number of aromatic carboxylic acids is 1. The monoisotopic (exact) mass is 215 g/mol. The second-order valence-corrected chi connectivity index (χ2v) is 3.76. The normalized spacial score (nSPS) is 10.4. The van der Waals surface area contributed by atoms with Gasteiger partial charge in [-0.15, -0.1) is 11.3 Å². The van der Waals surface area contributed by atoms with E-state index in [-0.39, 0.29) is 0 Å². The zero-order valence-electron chi connectivity index (χ0n) is 8.24. The topological polar surface area (TPSA) is 59.4 Å². The number of carbonyl (C=O) groups is 1. The second kappa shape index (κ2) is 5.07. The van der Waals surface area contributed by atoms with Crippen LogP contribution in [0.5, 0.6) is 0 Å². The molecule has 0 aliphatic carbocycles. The van der Waals surface area contributed by atoms with Gasteiger partial charge in [0.05, 0.1) is 12.3 Å². The van der Waals surface area contributed by atoms with Gasteiger partial charge in [0, 0.05) is 6.61 Å². The standard InChI is InChI=1S/C9H13NO3S/c1-3-6-8(9(11)12)14-7(10-6)5-13-4-2/h3-5H2,1-2H3,(H,11,12). The van der Waals surface area contributed by atoms with Crippen molar-refractivity contribution in [2.75, 3.05) is 6.61 Å². The predicted octanol–water partition coefficient (Wildman–Crippen LogP) is 1.94. The largest absolute Gasteiger partial charge is 0.477 e. The summed E-state index contributed by atoms with van der Waals surface area (Å²) in [7, 11) is 0. The Morgan fingerprint density at radius 1 is 1.57 bits per heavy atom. The van der Waals surface area contributed by atoms with Crippen LogP contribution >= 0.6 is 11.3 Å². The molecule has 0 aliphatic rings. The van der Waals surface area contributed by atoms with Crippen LogP contribution in [0.25, 0.3) is 0 Å². The van der Waals surface area contributed by atoms with Crippen molar-refractivity contribution >= 4 is 17.3 Å². The van der Waals surface area contributed by atoms with Crippen molar-refractivity contribution in [3.05, 3.63) is 15.6 Å². The third kappa shape index (κ3) is 2.52. The Hall–Kier alpha value is -0.940. The Balaban J connectivity index is 2.83. The molecule has 1 aromatic heterocycles. The second-order valence-electron chi connectivity index (χ2n) is 2.68. The molecule has 1 N–H and O–H groups in total. The van der Waals surface area contributed by atoms with Crippen LogP contribution in [0.3, 0.4) is 0 Å². The van der Waals surface area contributed by atoms with E-state index in [4.69, 9.17) is 9.84 Å². The molecular weight excluding hydrogens is 202 g/mol. The van der Waals surface area contributed by atoms with Crippen molar-refractivity contribution in [1.29, 1.82) is 0 Å². The summed E-state index contributed by atoms with van der Waals surface area (Å²) in [5.74, 6) is -0.901. The third-order valence-electron chi connectivity index (χ3n) is 1.70. The number of nitrogens with zero attached hydrogens (tertiary/aromatic N) is 1. The van der Waals surface area contributed by atoms with Crippen molar-refractivity contribution in [2.24, 2.45) is 0 Å². The van der Waals surface area contributed by atoms with Gasteiger partial charge >= 0.3 is 5.97 Å². The van der Waals surface area contributed by atoms with Crippen molar-refractivity contribution in [1.82, 2.24) is 4.98 Å². The minimum absolute atomic E-state index is 0.335. The smallest absolute Gasteiger partial charge is 0.347 e. The molecule has 0 fully saturated rings. The predicted molar refractivity (Wildman–Crippen MR) is 53.8 cm³/mol. The molecule has 0 amide bonds. The summed E-state index contributed by atoms with van der Waals surface area (Å²) in [6.07, 6.45) is 0.643. The van der Waals surface area contributed by atoms with E-state index >= 15 is 0 Å². The molecule has 4 nitrogen and oxygen atoms in total. The maximum absolute atomic E-state index is 10.8. The Kier molecular flexibility index (Phi) is 4.03. The average molecular weight is 215 g/mol.